The Labute approximate surface area is 96.8 Å². The van der Waals surface area contributed by atoms with Crippen molar-refractivity contribution in [3.8, 4) is 0 Å². The van der Waals surface area contributed by atoms with Gasteiger partial charge in [0.15, 0.2) is 9.84 Å². The van der Waals surface area contributed by atoms with Gasteiger partial charge in [0.05, 0.1) is 10.6 Å². The van der Waals surface area contributed by atoms with Crippen molar-refractivity contribution >= 4 is 9.84 Å². The average Bonchev–Trinajstić information content (AvgIpc) is 2.37. The first-order valence-corrected chi connectivity index (χ1v) is 7.04. The smallest absolute Gasteiger partial charge is 0.180 e. The average molecular weight is 239 g/mol. The minimum atomic E-state index is -3.09. The fraction of sp³-hybridized carbons (Fsp3) is 0.500. The highest BCUT2D eigenvalue weighted by Crippen LogP contribution is 2.33. The highest BCUT2D eigenvalue weighted by atomic mass is 32.2. The molecule has 3 nitrogen and oxygen atoms in total. The molecule has 1 N–H and O–H groups in total. The normalized spacial score (nSPS) is 23.1. The molecule has 88 valence electrons. The molecule has 1 aromatic rings. The van der Waals surface area contributed by atoms with E-state index in [0.717, 1.165) is 5.56 Å². The van der Waals surface area contributed by atoms with Crippen molar-refractivity contribution in [1.29, 1.82) is 0 Å². The van der Waals surface area contributed by atoms with Crippen molar-refractivity contribution in [3.05, 3.63) is 29.8 Å². The lowest BCUT2D eigenvalue weighted by Gasteiger charge is -2.25. The molecule has 0 amide bonds. The first-order chi connectivity index (χ1) is 7.30. The maximum absolute atomic E-state index is 11.9. The number of hydrogen-bond donors (Lipinski definition) is 1. The van der Waals surface area contributed by atoms with E-state index >= 15 is 0 Å². The van der Waals surface area contributed by atoms with Crippen LogP contribution in [0.15, 0.2) is 29.2 Å². The lowest BCUT2D eigenvalue weighted by atomic mass is 10.0. The first-order valence-electron chi connectivity index (χ1n) is 5.39. The van der Waals surface area contributed by atoms with Crippen molar-refractivity contribution in [2.45, 2.75) is 37.2 Å². The number of sulfone groups is 1. The Morgan fingerprint density at radius 2 is 1.88 bits per heavy atom. The minimum Gasteiger partial charge on any atom is -0.304 e. The summed E-state index contributed by atoms with van der Waals surface area (Å²) in [5.41, 5.74) is 0.815. The second kappa shape index (κ2) is 3.57. The van der Waals surface area contributed by atoms with Gasteiger partial charge in [-0.15, -0.1) is 0 Å². The van der Waals surface area contributed by atoms with Gasteiger partial charge in [0, 0.05) is 11.6 Å². The molecule has 16 heavy (non-hydrogen) atoms. The van der Waals surface area contributed by atoms with E-state index in [-0.39, 0.29) is 17.3 Å². The van der Waals surface area contributed by atoms with Crippen LogP contribution in [0.1, 0.15) is 32.4 Å². The van der Waals surface area contributed by atoms with Gasteiger partial charge in [0.1, 0.15) is 0 Å². The highest BCUT2D eigenvalue weighted by molar-refractivity contribution is 7.91. The van der Waals surface area contributed by atoms with E-state index in [4.69, 9.17) is 0 Å². The quantitative estimate of drug-likeness (QED) is 0.814. The Morgan fingerprint density at radius 3 is 2.50 bits per heavy atom. The Bertz CT molecular complexity index is 500. The van der Waals surface area contributed by atoms with E-state index in [1.54, 1.807) is 12.1 Å². The van der Waals surface area contributed by atoms with Gasteiger partial charge in [-0.05, 0) is 32.4 Å². The molecule has 0 unspecified atom stereocenters. The second-order valence-corrected chi connectivity index (χ2v) is 7.27. The zero-order chi connectivity index (χ0) is 12.0. The zero-order valence-corrected chi connectivity index (χ0v) is 10.6. The molecule has 4 heteroatoms. The maximum atomic E-state index is 11.9. The molecule has 2 rings (SSSR count). The van der Waals surface area contributed by atoms with Crippen molar-refractivity contribution in [2.24, 2.45) is 0 Å². The van der Waals surface area contributed by atoms with Crippen molar-refractivity contribution in [3.63, 3.8) is 0 Å². The molecule has 0 saturated carbocycles. The molecule has 0 radical (unpaired) electrons. The SMILES string of the molecule is CC(C)(C)N[C@H]1CS(=O)(=O)c2ccccc21. The van der Waals surface area contributed by atoms with Crippen molar-refractivity contribution < 1.29 is 8.42 Å². The number of rotatable bonds is 1. The summed E-state index contributed by atoms with van der Waals surface area (Å²) in [6.07, 6.45) is 0. The van der Waals surface area contributed by atoms with E-state index in [0.29, 0.717) is 4.90 Å². The Hall–Kier alpha value is -0.870. The summed E-state index contributed by atoms with van der Waals surface area (Å²) < 4.78 is 23.8. The van der Waals surface area contributed by atoms with E-state index in [2.05, 4.69) is 5.32 Å². The van der Waals surface area contributed by atoms with Crippen LogP contribution >= 0.6 is 0 Å². The summed E-state index contributed by atoms with van der Waals surface area (Å²) in [7, 11) is -3.09. The van der Waals surface area contributed by atoms with Crippen molar-refractivity contribution in [2.75, 3.05) is 5.75 Å². The Balaban J connectivity index is 2.41. The summed E-state index contributed by atoms with van der Waals surface area (Å²) in [4.78, 5) is 0.483. The van der Waals surface area contributed by atoms with Gasteiger partial charge >= 0.3 is 0 Å². The lowest BCUT2D eigenvalue weighted by molar-refractivity contribution is 0.381. The topological polar surface area (TPSA) is 46.2 Å². The van der Waals surface area contributed by atoms with E-state index in [9.17, 15) is 8.42 Å². The van der Waals surface area contributed by atoms with Gasteiger partial charge in [-0.3, -0.25) is 0 Å². The number of benzene rings is 1. The third-order valence-corrected chi connectivity index (χ3v) is 4.44. The van der Waals surface area contributed by atoms with Gasteiger partial charge in [-0.1, -0.05) is 18.2 Å². The van der Waals surface area contributed by atoms with Gasteiger partial charge in [-0.25, -0.2) is 8.42 Å². The Kier molecular flexibility index (Phi) is 2.59. The maximum Gasteiger partial charge on any atom is 0.180 e. The van der Waals surface area contributed by atoms with Crippen LogP contribution in [0.3, 0.4) is 0 Å². The van der Waals surface area contributed by atoms with E-state index < -0.39 is 9.84 Å². The van der Waals surface area contributed by atoms with Gasteiger partial charge in [-0.2, -0.15) is 0 Å². The molecule has 1 aliphatic rings. The molecule has 1 heterocycles. The molecule has 1 aromatic carbocycles. The minimum absolute atomic E-state index is 0.0822. The molecular formula is C12H17NO2S. The molecule has 0 fully saturated rings. The highest BCUT2D eigenvalue weighted by Gasteiger charge is 2.35. The van der Waals surface area contributed by atoms with Crippen LogP contribution in [0.4, 0.5) is 0 Å². The van der Waals surface area contributed by atoms with Crippen LogP contribution in [-0.4, -0.2) is 19.7 Å². The van der Waals surface area contributed by atoms with Gasteiger partial charge in [0.2, 0.25) is 0 Å². The van der Waals surface area contributed by atoms with Crippen LogP contribution in [0.25, 0.3) is 0 Å². The summed E-state index contributed by atoms with van der Waals surface area (Å²) >= 11 is 0. The molecule has 0 bridgehead atoms. The van der Waals surface area contributed by atoms with Crippen LogP contribution in [0.2, 0.25) is 0 Å². The van der Waals surface area contributed by atoms with E-state index in [1.807, 2.05) is 32.9 Å². The predicted molar refractivity (Wildman–Crippen MR) is 64.1 cm³/mol. The largest absolute Gasteiger partial charge is 0.304 e. The number of nitrogens with one attached hydrogen (secondary N) is 1. The fourth-order valence-electron chi connectivity index (χ4n) is 2.09. The molecule has 0 aliphatic carbocycles. The third kappa shape index (κ3) is 2.13. The molecule has 1 aliphatic heterocycles. The second-order valence-electron chi connectivity index (χ2n) is 5.27. The lowest BCUT2D eigenvalue weighted by Crippen LogP contribution is -2.39. The molecule has 1 atom stereocenters. The molecular weight excluding hydrogens is 222 g/mol. The summed E-state index contributed by atoms with van der Waals surface area (Å²) in [6.45, 7) is 6.13. The number of fused-ring (bicyclic) bond motifs is 1. The molecule has 0 spiro atoms. The molecule has 0 aromatic heterocycles. The van der Waals surface area contributed by atoms with E-state index in [1.165, 1.54) is 0 Å². The first kappa shape index (κ1) is 11.6. The van der Waals surface area contributed by atoms with Crippen LogP contribution in [-0.2, 0) is 9.84 Å². The zero-order valence-electron chi connectivity index (χ0n) is 9.82. The third-order valence-electron chi connectivity index (χ3n) is 2.62. The predicted octanol–water partition coefficient (Wildman–Crippen LogP) is 1.90. The monoisotopic (exact) mass is 239 g/mol. The van der Waals surface area contributed by atoms with Crippen LogP contribution in [0.5, 0.6) is 0 Å². The molecule has 0 saturated heterocycles. The summed E-state index contributed by atoms with van der Waals surface area (Å²) in [6, 6.07) is 7.16. The fourth-order valence-corrected chi connectivity index (χ4v) is 3.83. The Morgan fingerprint density at radius 1 is 1.25 bits per heavy atom. The van der Waals surface area contributed by atoms with Crippen molar-refractivity contribution in [1.82, 2.24) is 5.32 Å². The number of hydrogen-bond acceptors (Lipinski definition) is 3. The summed E-state index contributed by atoms with van der Waals surface area (Å²) in [5.74, 6) is 0.170. The van der Waals surface area contributed by atoms with Gasteiger partial charge < -0.3 is 5.32 Å². The van der Waals surface area contributed by atoms with Crippen LogP contribution in [0, 0.1) is 0 Å². The van der Waals surface area contributed by atoms with Crippen LogP contribution < -0.4 is 5.32 Å². The standard InChI is InChI=1S/C12H17NO2S/c1-12(2,3)13-10-8-16(14,15)11-7-5-4-6-9(10)11/h4-7,10,13H,8H2,1-3H3/t10-/m0/s1. The van der Waals surface area contributed by atoms with Gasteiger partial charge in [0.25, 0.3) is 0 Å². The summed E-state index contributed by atoms with van der Waals surface area (Å²) in [5, 5.41) is 3.35.